The van der Waals surface area contributed by atoms with Crippen LogP contribution in [-0.4, -0.2) is 23.5 Å². The van der Waals surface area contributed by atoms with Gasteiger partial charge in [0.1, 0.15) is 0 Å². The predicted molar refractivity (Wildman–Crippen MR) is 81.6 cm³/mol. The van der Waals surface area contributed by atoms with E-state index in [0.717, 1.165) is 6.42 Å². The monoisotopic (exact) mass is 307 g/mol. The largest absolute Gasteiger partial charge is 0.360 e. The fourth-order valence-electron chi connectivity index (χ4n) is 3.36. The smallest absolute Gasteiger partial charge is 0.226 e. The molecule has 1 aliphatic rings. The molecule has 6 heteroatoms. The van der Waals surface area contributed by atoms with Crippen LogP contribution in [0.1, 0.15) is 46.3 Å². The summed E-state index contributed by atoms with van der Waals surface area (Å²) in [5.74, 6) is 0.474. The van der Waals surface area contributed by atoms with E-state index in [4.69, 9.17) is 4.52 Å². The number of nitrogens with zero attached hydrogens (tertiary/aromatic N) is 1. The van der Waals surface area contributed by atoms with Crippen molar-refractivity contribution < 1.29 is 14.1 Å². The lowest BCUT2D eigenvalue weighted by Gasteiger charge is -2.39. The number of hydrogen-bond acceptors (Lipinski definition) is 4. The van der Waals surface area contributed by atoms with E-state index in [2.05, 4.69) is 15.8 Å². The van der Waals surface area contributed by atoms with Crippen LogP contribution in [0, 0.1) is 16.7 Å². The second-order valence-electron chi connectivity index (χ2n) is 6.70. The van der Waals surface area contributed by atoms with Crippen molar-refractivity contribution in [2.24, 2.45) is 16.7 Å². The predicted octanol–water partition coefficient (Wildman–Crippen LogP) is 1.87. The lowest BCUT2D eigenvalue weighted by atomic mass is 9.65. The molecule has 1 heterocycles. The van der Waals surface area contributed by atoms with Crippen LogP contribution >= 0.6 is 0 Å². The van der Waals surface area contributed by atoms with Crippen molar-refractivity contribution in [2.75, 3.05) is 6.54 Å². The standard InChI is InChI=1S/C16H25N3O3/c1-5-17-13(20)12-6-8-16(4,15(12,2)3)14(21)18-10-11-7-9-19-22-11/h7,9,12H,5-6,8,10H2,1-4H3,(H,17,20)(H,18,21)/t12-,16+/m0/s1. The van der Waals surface area contributed by atoms with Gasteiger partial charge < -0.3 is 15.2 Å². The van der Waals surface area contributed by atoms with Crippen LogP contribution in [0.4, 0.5) is 0 Å². The van der Waals surface area contributed by atoms with E-state index in [0.29, 0.717) is 25.3 Å². The third kappa shape index (κ3) is 2.74. The summed E-state index contributed by atoms with van der Waals surface area (Å²) in [6.45, 7) is 8.79. The van der Waals surface area contributed by atoms with Crippen molar-refractivity contribution in [3.8, 4) is 0 Å². The Kier molecular flexibility index (Phi) is 4.58. The van der Waals surface area contributed by atoms with Crippen LogP contribution in [0.5, 0.6) is 0 Å². The minimum absolute atomic E-state index is 0.0410. The molecule has 2 N–H and O–H groups in total. The molecule has 0 spiro atoms. The van der Waals surface area contributed by atoms with Crippen molar-refractivity contribution >= 4 is 11.8 Å². The molecular formula is C16H25N3O3. The number of nitrogens with one attached hydrogen (secondary N) is 2. The molecule has 0 radical (unpaired) electrons. The zero-order valence-electron chi connectivity index (χ0n) is 13.7. The van der Waals surface area contributed by atoms with Crippen LogP contribution in [0.3, 0.4) is 0 Å². The highest BCUT2D eigenvalue weighted by Crippen LogP contribution is 2.56. The fraction of sp³-hybridized carbons (Fsp3) is 0.688. The number of aromatic nitrogens is 1. The molecule has 1 aliphatic carbocycles. The van der Waals surface area contributed by atoms with Crippen LogP contribution in [0.2, 0.25) is 0 Å². The van der Waals surface area contributed by atoms with Crippen LogP contribution < -0.4 is 10.6 Å². The highest BCUT2D eigenvalue weighted by Gasteiger charge is 2.57. The first-order chi connectivity index (χ1) is 10.3. The van der Waals surface area contributed by atoms with E-state index < -0.39 is 10.8 Å². The summed E-state index contributed by atoms with van der Waals surface area (Å²) in [7, 11) is 0. The first kappa shape index (κ1) is 16.5. The van der Waals surface area contributed by atoms with Gasteiger partial charge in [-0.3, -0.25) is 9.59 Å². The van der Waals surface area contributed by atoms with Gasteiger partial charge in [-0.2, -0.15) is 0 Å². The van der Waals surface area contributed by atoms with Gasteiger partial charge in [0.05, 0.1) is 18.2 Å². The molecule has 0 saturated heterocycles. The van der Waals surface area contributed by atoms with Crippen molar-refractivity contribution in [2.45, 2.75) is 47.1 Å². The molecule has 1 aromatic rings. The Morgan fingerprint density at radius 2 is 2.09 bits per heavy atom. The van der Waals surface area contributed by atoms with Gasteiger partial charge in [0.15, 0.2) is 5.76 Å². The molecule has 0 unspecified atom stereocenters. The minimum atomic E-state index is -0.581. The fourth-order valence-corrected chi connectivity index (χ4v) is 3.36. The average Bonchev–Trinajstić information content (AvgIpc) is 3.04. The van der Waals surface area contributed by atoms with Gasteiger partial charge in [-0.25, -0.2) is 0 Å². The maximum atomic E-state index is 12.7. The third-order valence-corrected chi connectivity index (χ3v) is 5.31. The molecule has 122 valence electrons. The lowest BCUT2D eigenvalue weighted by Crippen LogP contribution is -2.49. The summed E-state index contributed by atoms with van der Waals surface area (Å²) in [4.78, 5) is 24.9. The number of carbonyl (C=O) groups excluding carboxylic acids is 2. The minimum Gasteiger partial charge on any atom is -0.360 e. The molecule has 2 amide bonds. The van der Waals surface area contributed by atoms with Gasteiger partial charge in [0.25, 0.3) is 0 Å². The number of carbonyl (C=O) groups is 2. The van der Waals surface area contributed by atoms with Crippen LogP contribution in [-0.2, 0) is 16.1 Å². The van der Waals surface area contributed by atoms with Crippen molar-refractivity contribution in [3.05, 3.63) is 18.0 Å². The second-order valence-corrected chi connectivity index (χ2v) is 6.70. The summed E-state index contributed by atoms with van der Waals surface area (Å²) in [6.07, 6.45) is 2.98. The third-order valence-electron chi connectivity index (χ3n) is 5.31. The molecule has 0 aliphatic heterocycles. The van der Waals surface area contributed by atoms with Crippen molar-refractivity contribution in [1.82, 2.24) is 15.8 Å². The average molecular weight is 307 g/mol. The Bertz CT molecular complexity index is 539. The van der Waals surface area contributed by atoms with E-state index in [-0.39, 0.29) is 17.7 Å². The lowest BCUT2D eigenvalue weighted by molar-refractivity contribution is -0.139. The Labute approximate surface area is 131 Å². The molecule has 6 nitrogen and oxygen atoms in total. The van der Waals surface area contributed by atoms with Gasteiger partial charge >= 0.3 is 0 Å². The van der Waals surface area contributed by atoms with Crippen molar-refractivity contribution in [1.29, 1.82) is 0 Å². The van der Waals surface area contributed by atoms with E-state index >= 15 is 0 Å². The molecule has 1 saturated carbocycles. The van der Waals surface area contributed by atoms with Gasteiger partial charge in [-0.15, -0.1) is 0 Å². The maximum absolute atomic E-state index is 12.7. The van der Waals surface area contributed by atoms with Crippen LogP contribution in [0.15, 0.2) is 16.8 Å². The summed E-state index contributed by atoms with van der Waals surface area (Å²) < 4.78 is 4.99. The molecule has 1 fully saturated rings. The Balaban J connectivity index is 2.08. The second kappa shape index (κ2) is 6.10. The molecule has 22 heavy (non-hydrogen) atoms. The van der Waals surface area contributed by atoms with E-state index in [9.17, 15) is 9.59 Å². The van der Waals surface area contributed by atoms with Gasteiger partial charge in [-0.05, 0) is 25.2 Å². The topological polar surface area (TPSA) is 84.2 Å². The van der Waals surface area contributed by atoms with Crippen LogP contribution in [0.25, 0.3) is 0 Å². The first-order valence-electron chi connectivity index (χ1n) is 7.78. The van der Waals surface area contributed by atoms with E-state index in [1.165, 1.54) is 0 Å². The van der Waals surface area contributed by atoms with E-state index in [1.54, 1.807) is 12.3 Å². The molecule has 1 aromatic heterocycles. The van der Waals surface area contributed by atoms with Crippen molar-refractivity contribution in [3.63, 3.8) is 0 Å². The summed E-state index contributed by atoms with van der Waals surface area (Å²) in [5.41, 5.74) is -0.986. The first-order valence-corrected chi connectivity index (χ1v) is 7.78. The quantitative estimate of drug-likeness (QED) is 0.869. The Hall–Kier alpha value is -1.85. The highest BCUT2D eigenvalue weighted by atomic mass is 16.5. The van der Waals surface area contributed by atoms with E-state index in [1.807, 2.05) is 27.7 Å². The van der Waals surface area contributed by atoms with Gasteiger partial charge in [-0.1, -0.05) is 25.9 Å². The number of amides is 2. The summed E-state index contributed by atoms with van der Waals surface area (Å²) >= 11 is 0. The molecule has 2 atom stereocenters. The zero-order chi connectivity index (χ0) is 16.4. The highest BCUT2D eigenvalue weighted by molar-refractivity contribution is 5.87. The summed E-state index contributed by atoms with van der Waals surface area (Å²) in [5, 5.41) is 9.41. The summed E-state index contributed by atoms with van der Waals surface area (Å²) in [6, 6.07) is 1.72. The van der Waals surface area contributed by atoms with Gasteiger partial charge in [0, 0.05) is 18.5 Å². The molecule has 2 rings (SSSR count). The molecular weight excluding hydrogens is 282 g/mol. The molecule has 0 bridgehead atoms. The van der Waals surface area contributed by atoms with Gasteiger partial charge in [0.2, 0.25) is 11.8 Å². The Morgan fingerprint density at radius 3 is 2.68 bits per heavy atom. The zero-order valence-corrected chi connectivity index (χ0v) is 13.7. The number of hydrogen-bond donors (Lipinski definition) is 2. The SMILES string of the molecule is CCNC(=O)[C@@H]1CC[C@](C)(C(=O)NCc2ccno2)C1(C)C. The maximum Gasteiger partial charge on any atom is 0.226 e. The normalized spacial score (nSPS) is 26.6. The Morgan fingerprint density at radius 1 is 1.36 bits per heavy atom. The molecule has 0 aromatic carbocycles. The number of rotatable bonds is 5.